The lowest BCUT2D eigenvalue weighted by Crippen LogP contribution is -2.45. The molecule has 0 aliphatic heterocycles. The molecule has 1 heterocycles. The summed E-state index contributed by atoms with van der Waals surface area (Å²) < 4.78 is 1.18. The quantitative estimate of drug-likeness (QED) is 0.817. The summed E-state index contributed by atoms with van der Waals surface area (Å²) in [5, 5.41) is 10.1. The molecule has 6 heteroatoms. The van der Waals surface area contributed by atoms with Gasteiger partial charge in [-0.25, -0.2) is 4.68 Å². The van der Waals surface area contributed by atoms with Crippen LogP contribution in [-0.4, -0.2) is 27.3 Å². The van der Waals surface area contributed by atoms with E-state index in [9.17, 15) is 9.59 Å². The third-order valence-electron chi connectivity index (χ3n) is 3.47. The Morgan fingerprint density at radius 3 is 2.75 bits per heavy atom. The van der Waals surface area contributed by atoms with Crippen LogP contribution in [0, 0.1) is 0 Å². The predicted molar refractivity (Wildman–Crippen MR) is 77.7 cm³/mol. The van der Waals surface area contributed by atoms with Crippen LogP contribution in [0.5, 0.6) is 0 Å². The molecule has 1 saturated carbocycles. The van der Waals surface area contributed by atoms with Crippen LogP contribution in [0.3, 0.4) is 0 Å². The zero-order valence-corrected chi connectivity index (χ0v) is 12.3. The molecule has 1 fully saturated rings. The van der Waals surface area contributed by atoms with Gasteiger partial charge in [-0.3, -0.25) is 9.59 Å². The molecule has 2 rings (SSSR count). The predicted octanol–water partition coefficient (Wildman–Crippen LogP) is 1.12. The van der Waals surface area contributed by atoms with E-state index in [1.807, 2.05) is 20.8 Å². The maximum atomic E-state index is 11.9. The number of rotatable bonds is 6. The van der Waals surface area contributed by atoms with Crippen molar-refractivity contribution in [1.29, 1.82) is 0 Å². The molecule has 0 aromatic carbocycles. The number of hydrogen-bond donors (Lipinski definition) is 2. The van der Waals surface area contributed by atoms with Crippen molar-refractivity contribution in [3.8, 4) is 0 Å². The molecule has 20 heavy (non-hydrogen) atoms. The zero-order valence-electron chi connectivity index (χ0n) is 12.3. The first-order chi connectivity index (χ1) is 9.39. The minimum absolute atomic E-state index is 0.0496. The van der Waals surface area contributed by atoms with Crippen LogP contribution in [0.4, 0.5) is 5.69 Å². The number of carbonyl (C=O) groups is 1. The molecule has 0 radical (unpaired) electrons. The van der Waals surface area contributed by atoms with Crippen molar-refractivity contribution in [2.75, 3.05) is 5.32 Å². The van der Waals surface area contributed by atoms with Crippen molar-refractivity contribution in [2.45, 2.75) is 58.2 Å². The lowest BCUT2D eigenvalue weighted by molar-refractivity contribution is -0.123. The van der Waals surface area contributed by atoms with E-state index in [1.165, 1.54) is 10.7 Å². The maximum absolute atomic E-state index is 11.9. The molecular weight excluding hydrogens is 256 g/mol. The van der Waals surface area contributed by atoms with Crippen LogP contribution in [0.25, 0.3) is 0 Å². The van der Waals surface area contributed by atoms with Gasteiger partial charge in [-0.05, 0) is 33.1 Å². The van der Waals surface area contributed by atoms with Crippen LogP contribution in [0.1, 0.15) is 40.0 Å². The van der Waals surface area contributed by atoms with Gasteiger partial charge in [0.15, 0.2) is 0 Å². The van der Waals surface area contributed by atoms with E-state index in [4.69, 9.17) is 0 Å². The number of carbonyl (C=O) groups excluding carboxylic acids is 1. The summed E-state index contributed by atoms with van der Waals surface area (Å²) in [6.07, 6.45) is 4.69. The van der Waals surface area contributed by atoms with Crippen LogP contribution in [0.2, 0.25) is 0 Å². The monoisotopic (exact) mass is 278 g/mol. The lowest BCUT2D eigenvalue weighted by atomic mass is 10.0. The molecular formula is C14H22N4O2. The molecule has 1 amide bonds. The Morgan fingerprint density at radius 2 is 2.20 bits per heavy atom. The van der Waals surface area contributed by atoms with Crippen molar-refractivity contribution >= 4 is 11.6 Å². The molecule has 1 aromatic rings. The third-order valence-corrected chi connectivity index (χ3v) is 3.47. The Morgan fingerprint density at radius 1 is 1.50 bits per heavy atom. The van der Waals surface area contributed by atoms with Gasteiger partial charge in [0.1, 0.15) is 6.54 Å². The SMILES string of the molecule is CCC(C)(C)NC(=O)Cn1ncc(NC2CC2)cc1=O. The standard InChI is InChI=1S/C14H22N4O2/c1-4-14(2,3)17-12(19)9-18-13(20)7-11(8-15-18)16-10-5-6-10/h7-8,10,16H,4-6,9H2,1-3H3,(H,17,19). The molecule has 0 spiro atoms. The van der Waals surface area contributed by atoms with Crippen LogP contribution in [-0.2, 0) is 11.3 Å². The van der Waals surface area contributed by atoms with Gasteiger partial charge in [0, 0.05) is 17.6 Å². The van der Waals surface area contributed by atoms with E-state index in [0.29, 0.717) is 6.04 Å². The van der Waals surface area contributed by atoms with Crippen molar-refractivity contribution in [3.63, 3.8) is 0 Å². The van der Waals surface area contributed by atoms with E-state index in [2.05, 4.69) is 15.7 Å². The highest BCUT2D eigenvalue weighted by Crippen LogP contribution is 2.23. The van der Waals surface area contributed by atoms with Crippen LogP contribution < -0.4 is 16.2 Å². The normalized spacial score (nSPS) is 14.9. The second kappa shape index (κ2) is 5.64. The van der Waals surface area contributed by atoms with Crippen LogP contribution >= 0.6 is 0 Å². The molecule has 6 nitrogen and oxygen atoms in total. The minimum atomic E-state index is -0.270. The Bertz CT molecular complexity index is 546. The molecule has 1 aliphatic carbocycles. The molecule has 0 unspecified atom stereocenters. The zero-order chi connectivity index (χ0) is 14.8. The second-order valence-corrected chi connectivity index (χ2v) is 5.94. The van der Waals surface area contributed by atoms with E-state index in [0.717, 1.165) is 24.9 Å². The van der Waals surface area contributed by atoms with E-state index < -0.39 is 0 Å². The van der Waals surface area contributed by atoms with Gasteiger partial charge < -0.3 is 10.6 Å². The highest BCUT2D eigenvalue weighted by molar-refractivity contribution is 5.76. The van der Waals surface area contributed by atoms with Crippen molar-refractivity contribution in [2.24, 2.45) is 0 Å². The maximum Gasteiger partial charge on any atom is 0.269 e. The smallest absolute Gasteiger partial charge is 0.269 e. The highest BCUT2D eigenvalue weighted by Gasteiger charge is 2.21. The fourth-order valence-corrected chi connectivity index (χ4v) is 1.74. The Balaban J connectivity index is 1.98. The van der Waals surface area contributed by atoms with E-state index >= 15 is 0 Å². The topological polar surface area (TPSA) is 76.0 Å². The Hall–Kier alpha value is -1.85. The van der Waals surface area contributed by atoms with Gasteiger partial charge in [0.25, 0.3) is 5.56 Å². The molecule has 110 valence electrons. The Kier molecular flexibility index (Phi) is 4.11. The summed E-state index contributed by atoms with van der Waals surface area (Å²) in [5.74, 6) is -0.200. The summed E-state index contributed by atoms with van der Waals surface area (Å²) in [5.41, 5.74) is 0.192. The van der Waals surface area contributed by atoms with Gasteiger partial charge in [0.2, 0.25) is 5.91 Å². The van der Waals surface area contributed by atoms with Crippen molar-refractivity contribution in [3.05, 3.63) is 22.6 Å². The molecule has 1 aromatic heterocycles. The number of hydrogen-bond acceptors (Lipinski definition) is 4. The third kappa shape index (κ3) is 4.08. The number of amides is 1. The molecule has 0 saturated heterocycles. The number of nitrogens with one attached hydrogen (secondary N) is 2. The van der Waals surface area contributed by atoms with E-state index in [-0.39, 0.29) is 23.6 Å². The highest BCUT2D eigenvalue weighted by atomic mass is 16.2. The summed E-state index contributed by atoms with van der Waals surface area (Å²) in [6, 6.07) is 1.96. The lowest BCUT2D eigenvalue weighted by Gasteiger charge is -2.24. The number of aromatic nitrogens is 2. The van der Waals surface area contributed by atoms with Gasteiger partial charge in [0.05, 0.1) is 11.9 Å². The van der Waals surface area contributed by atoms with Gasteiger partial charge >= 0.3 is 0 Å². The average Bonchev–Trinajstić information content (AvgIpc) is 3.16. The van der Waals surface area contributed by atoms with E-state index in [1.54, 1.807) is 6.20 Å². The molecule has 0 bridgehead atoms. The first-order valence-electron chi connectivity index (χ1n) is 7.04. The van der Waals surface area contributed by atoms with Gasteiger partial charge in [-0.15, -0.1) is 0 Å². The first kappa shape index (κ1) is 14.6. The average molecular weight is 278 g/mol. The number of anilines is 1. The fourth-order valence-electron chi connectivity index (χ4n) is 1.74. The summed E-state index contributed by atoms with van der Waals surface area (Å²) >= 11 is 0. The minimum Gasteiger partial charge on any atom is -0.381 e. The van der Waals surface area contributed by atoms with Crippen molar-refractivity contribution < 1.29 is 4.79 Å². The van der Waals surface area contributed by atoms with Crippen molar-refractivity contribution in [1.82, 2.24) is 15.1 Å². The number of nitrogens with zero attached hydrogens (tertiary/aromatic N) is 2. The van der Waals surface area contributed by atoms with Gasteiger partial charge in [-0.1, -0.05) is 6.92 Å². The second-order valence-electron chi connectivity index (χ2n) is 5.94. The summed E-state index contributed by atoms with van der Waals surface area (Å²) in [7, 11) is 0. The molecule has 0 atom stereocenters. The largest absolute Gasteiger partial charge is 0.381 e. The summed E-state index contributed by atoms with van der Waals surface area (Å²) in [6.45, 7) is 5.85. The first-order valence-corrected chi connectivity index (χ1v) is 7.04. The summed E-state index contributed by atoms with van der Waals surface area (Å²) in [4.78, 5) is 23.8. The Labute approximate surface area is 118 Å². The fraction of sp³-hybridized carbons (Fsp3) is 0.643. The molecule has 2 N–H and O–H groups in total. The van der Waals surface area contributed by atoms with Crippen LogP contribution in [0.15, 0.2) is 17.1 Å². The molecule has 1 aliphatic rings. The van der Waals surface area contributed by atoms with Gasteiger partial charge in [-0.2, -0.15) is 5.10 Å².